The van der Waals surface area contributed by atoms with Gasteiger partial charge in [0.25, 0.3) is 0 Å². The number of hydrogen-bond donors (Lipinski definition) is 1. The predicted octanol–water partition coefficient (Wildman–Crippen LogP) is 2.81. The van der Waals surface area contributed by atoms with Gasteiger partial charge in [-0.05, 0) is 43.9 Å². The molecule has 1 aliphatic heterocycles. The van der Waals surface area contributed by atoms with Crippen molar-refractivity contribution in [2.45, 2.75) is 57.2 Å². The van der Waals surface area contributed by atoms with Gasteiger partial charge >= 0.3 is 0 Å². The van der Waals surface area contributed by atoms with Crippen molar-refractivity contribution in [3.63, 3.8) is 0 Å². The van der Waals surface area contributed by atoms with Gasteiger partial charge in [-0.1, -0.05) is 32.0 Å². The van der Waals surface area contributed by atoms with Crippen LogP contribution in [-0.2, 0) is 4.79 Å². The molecule has 3 aliphatic rings. The molecule has 0 aromatic carbocycles. The Morgan fingerprint density at radius 3 is 2.67 bits per heavy atom. The third-order valence-corrected chi connectivity index (χ3v) is 6.55. The summed E-state index contributed by atoms with van der Waals surface area (Å²) in [5.41, 5.74) is 0. The van der Waals surface area contributed by atoms with E-state index in [1.165, 1.54) is 25.7 Å². The fourth-order valence-corrected chi connectivity index (χ4v) is 4.57. The van der Waals surface area contributed by atoms with Crippen LogP contribution in [0, 0.1) is 17.8 Å². The SMILES string of the molecule is CC(C)[C@]1(C)SC(=N[C@@H]2C[C@@H]3CC[C@H]2C3)NC1=O. The molecule has 0 unspecified atom stereocenters. The van der Waals surface area contributed by atoms with Gasteiger partial charge in [-0.15, -0.1) is 0 Å². The quantitative estimate of drug-likeness (QED) is 0.835. The summed E-state index contributed by atoms with van der Waals surface area (Å²) < 4.78 is -0.337. The molecule has 0 aromatic heterocycles. The summed E-state index contributed by atoms with van der Waals surface area (Å²) in [5.74, 6) is 2.15. The molecule has 4 heteroatoms. The topological polar surface area (TPSA) is 41.5 Å². The van der Waals surface area contributed by atoms with Crippen LogP contribution in [0.5, 0.6) is 0 Å². The van der Waals surface area contributed by atoms with Crippen molar-refractivity contribution in [1.82, 2.24) is 5.32 Å². The Morgan fingerprint density at radius 1 is 1.39 bits per heavy atom. The monoisotopic (exact) mass is 266 g/mol. The molecule has 18 heavy (non-hydrogen) atoms. The molecule has 2 bridgehead atoms. The largest absolute Gasteiger partial charge is 0.304 e. The van der Waals surface area contributed by atoms with E-state index in [4.69, 9.17) is 4.99 Å². The third-order valence-electron chi connectivity index (χ3n) is 5.07. The second-order valence-corrected chi connectivity index (χ2v) is 7.93. The van der Waals surface area contributed by atoms with Gasteiger partial charge in [0.2, 0.25) is 5.91 Å². The number of carbonyl (C=O) groups excluding carboxylic acids is 1. The summed E-state index contributed by atoms with van der Waals surface area (Å²) in [4.78, 5) is 16.9. The molecule has 1 N–H and O–H groups in total. The number of nitrogens with one attached hydrogen (secondary N) is 1. The first-order valence-corrected chi connectivity index (χ1v) is 7.89. The maximum absolute atomic E-state index is 12.1. The van der Waals surface area contributed by atoms with Crippen molar-refractivity contribution in [2.75, 3.05) is 0 Å². The van der Waals surface area contributed by atoms with Crippen LogP contribution in [0.4, 0.5) is 0 Å². The Morgan fingerprint density at radius 2 is 2.17 bits per heavy atom. The molecule has 3 rings (SSSR count). The predicted molar refractivity (Wildman–Crippen MR) is 75.6 cm³/mol. The maximum atomic E-state index is 12.1. The zero-order chi connectivity index (χ0) is 12.9. The third kappa shape index (κ3) is 1.89. The van der Waals surface area contributed by atoms with Crippen LogP contribution < -0.4 is 5.32 Å². The standard InChI is InChI=1S/C14H22N2OS/c1-8(2)14(3)12(17)16-13(18-14)15-11-7-9-4-5-10(11)6-9/h8-11H,4-7H2,1-3H3,(H,15,16,17)/t9-,10+,11-,14+/m1/s1. The molecule has 0 radical (unpaired) electrons. The molecule has 4 atom stereocenters. The Balaban J connectivity index is 1.74. The molecule has 0 spiro atoms. The summed E-state index contributed by atoms with van der Waals surface area (Å²) in [6.07, 6.45) is 5.34. The molecule has 100 valence electrons. The van der Waals surface area contributed by atoms with E-state index in [-0.39, 0.29) is 10.7 Å². The van der Waals surface area contributed by atoms with E-state index in [2.05, 4.69) is 19.2 Å². The van der Waals surface area contributed by atoms with Crippen molar-refractivity contribution in [3.05, 3.63) is 0 Å². The van der Waals surface area contributed by atoms with E-state index in [1.54, 1.807) is 11.8 Å². The number of carbonyl (C=O) groups is 1. The number of amides is 1. The first kappa shape index (κ1) is 12.5. The molecule has 3 nitrogen and oxygen atoms in total. The van der Waals surface area contributed by atoms with Crippen LogP contribution in [0.3, 0.4) is 0 Å². The Labute approximate surface area is 113 Å². The van der Waals surface area contributed by atoms with Crippen LogP contribution in [-0.4, -0.2) is 21.9 Å². The Hall–Kier alpha value is -0.510. The van der Waals surface area contributed by atoms with Gasteiger partial charge in [0.15, 0.2) is 5.17 Å². The summed E-state index contributed by atoms with van der Waals surface area (Å²) in [6, 6.07) is 0.473. The number of nitrogens with zero attached hydrogens (tertiary/aromatic N) is 1. The lowest BCUT2D eigenvalue weighted by Crippen LogP contribution is -2.38. The number of fused-ring (bicyclic) bond motifs is 2. The number of rotatable bonds is 2. The number of aliphatic imine (C=N–C) groups is 1. The average Bonchev–Trinajstić information content (AvgIpc) is 2.95. The molecule has 1 heterocycles. The highest BCUT2D eigenvalue weighted by Gasteiger charge is 2.46. The number of hydrogen-bond acceptors (Lipinski definition) is 3. The van der Waals surface area contributed by atoms with E-state index < -0.39 is 0 Å². The zero-order valence-corrected chi connectivity index (χ0v) is 12.2. The summed E-state index contributed by atoms with van der Waals surface area (Å²) >= 11 is 1.63. The van der Waals surface area contributed by atoms with Crippen LogP contribution >= 0.6 is 11.8 Å². The van der Waals surface area contributed by atoms with E-state index in [0.717, 1.165) is 17.0 Å². The lowest BCUT2D eigenvalue weighted by atomic mass is 9.96. The lowest BCUT2D eigenvalue weighted by Gasteiger charge is -2.23. The normalized spacial score (nSPS) is 45.2. The molecular weight excluding hydrogens is 244 g/mol. The van der Waals surface area contributed by atoms with Crippen LogP contribution in [0.2, 0.25) is 0 Å². The van der Waals surface area contributed by atoms with Crippen molar-refractivity contribution < 1.29 is 4.79 Å². The van der Waals surface area contributed by atoms with Gasteiger partial charge in [0.05, 0.1) is 6.04 Å². The van der Waals surface area contributed by atoms with Crippen LogP contribution in [0.15, 0.2) is 4.99 Å². The molecule has 0 aromatic rings. The Kier molecular flexibility index (Phi) is 2.96. The molecular formula is C14H22N2OS. The van der Waals surface area contributed by atoms with E-state index >= 15 is 0 Å². The summed E-state index contributed by atoms with van der Waals surface area (Å²) in [7, 11) is 0. The lowest BCUT2D eigenvalue weighted by molar-refractivity contribution is -0.122. The van der Waals surface area contributed by atoms with Crippen molar-refractivity contribution in [2.24, 2.45) is 22.7 Å². The van der Waals surface area contributed by atoms with Crippen molar-refractivity contribution >= 4 is 22.8 Å². The minimum Gasteiger partial charge on any atom is -0.304 e. The van der Waals surface area contributed by atoms with E-state index in [9.17, 15) is 4.79 Å². The second-order valence-electron chi connectivity index (χ2n) is 6.49. The summed E-state index contributed by atoms with van der Waals surface area (Å²) in [5, 5.41) is 3.86. The minimum absolute atomic E-state index is 0.129. The van der Waals surface area contributed by atoms with Crippen molar-refractivity contribution in [1.29, 1.82) is 0 Å². The summed E-state index contributed by atoms with van der Waals surface area (Å²) in [6.45, 7) is 6.24. The molecule has 1 amide bonds. The molecule has 2 aliphatic carbocycles. The van der Waals surface area contributed by atoms with E-state index in [0.29, 0.717) is 12.0 Å². The number of amidine groups is 1. The van der Waals surface area contributed by atoms with Gasteiger partial charge in [-0.2, -0.15) is 0 Å². The van der Waals surface area contributed by atoms with Crippen LogP contribution in [0.1, 0.15) is 46.5 Å². The van der Waals surface area contributed by atoms with Gasteiger partial charge in [0, 0.05) is 0 Å². The highest BCUT2D eigenvalue weighted by Crippen LogP contribution is 2.47. The van der Waals surface area contributed by atoms with Gasteiger partial charge in [-0.25, -0.2) is 0 Å². The van der Waals surface area contributed by atoms with Crippen LogP contribution in [0.25, 0.3) is 0 Å². The minimum atomic E-state index is -0.337. The molecule has 2 saturated carbocycles. The maximum Gasteiger partial charge on any atom is 0.242 e. The average molecular weight is 266 g/mol. The van der Waals surface area contributed by atoms with E-state index in [1.807, 2.05) is 6.92 Å². The molecule has 1 saturated heterocycles. The molecule has 3 fully saturated rings. The highest BCUT2D eigenvalue weighted by atomic mass is 32.2. The highest BCUT2D eigenvalue weighted by molar-refractivity contribution is 8.16. The second kappa shape index (κ2) is 4.26. The smallest absolute Gasteiger partial charge is 0.242 e. The van der Waals surface area contributed by atoms with Gasteiger partial charge < -0.3 is 5.32 Å². The first-order valence-electron chi connectivity index (χ1n) is 7.07. The van der Waals surface area contributed by atoms with Gasteiger partial charge in [-0.3, -0.25) is 9.79 Å². The van der Waals surface area contributed by atoms with Crippen molar-refractivity contribution in [3.8, 4) is 0 Å². The Bertz CT molecular complexity index is 407. The fraction of sp³-hybridized carbons (Fsp3) is 0.857. The first-order chi connectivity index (χ1) is 8.49. The zero-order valence-electron chi connectivity index (χ0n) is 11.4. The van der Waals surface area contributed by atoms with Gasteiger partial charge in [0.1, 0.15) is 4.75 Å². The number of thioether (sulfide) groups is 1. The fourth-order valence-electron chi connectivity index (χ4n) is 3.45.